The van der Waals surface area contributed by atoms with Crippen molar-refractivity contribution in [3.05, 3.63) is 59.7 Å². The standard InChI is InChI=1S/C12H15ClO3.C9H9N5O/c13-8-3-1-7(2-4-8)11(15)9-5-6-10(14)12(9)16;1-5(2)9(15)14-8-6-7(11-3-10-6)12-4-13-8/h1-4,9-12,14-16H,5-6H2;3-4H,1H2,2H3,(H2,10,11,12,13,14,15). The van der Waals surface area contributed by atoms with E-state index in [-0.39, 0.29) is 11.8 Å². The van der Waals surface area contributed by atoms with Crippen LogP contribution in [0, 0.1) is 5.92 Å². The number of carbonyl (C=O) groups is 1. The zero-order chi connectivity index (χ0) is 22.5. The predicted octanol–water partition coefficient (Wildman–Crippen LogP) is 2.37. The Balaban J connectivity index is 0.000000176. The van der Waals surface area contributed by atoms with Crippen molar-refractivity contribution in [2.45, 2.75) is 38.1 Å². The van der Waals surface area contributed by atoms with Gasteiger partial charge in [-0.15, -0.1) is 0 Å². The van der Waals surface area contributed by atoms with Crippen LogP contribution in [-0.4, -0.2) is 53.4 Å². The second kappa shape index (κ2) is 9.97. The minimum absolute atomic E-state index is 0.274. The van der Waals surface area contributed by atoms with Gasteiger partial charge in [0, 0.05) is 16.5 Å². The molecule has 1 aliphatic rings. The molecule has 1 amide bonds. The highest BCUT2D eigenvalue weighted by Crippen LogP contribution is 2.36. The molecule has 9 nitrogen and oxygen atoms in total. The SMILES string of the molecule is C=C(C)C(=O)Nc1ncnc2nc[nH]c12.OC1CCC(C(O)c2ccc(Cl)cc2)C1O. The van der Waals surface area contributed by atoms with E-state index in [2.05, 4.69) is 31.8 Å². The lowest BCUT2D eigenvalue weighted by Gasteiger charge is -2.22. The number of imidazole rings is 1. The van der Waals surface area contributed by atoms with Crippen molar-refractivity contribution < 1.29 is 20.1 Å². The molecule has 2 aromatic heterocycles. The smallest absolute Gasteiger partial charge is 0.251 e. The number of aromatic nitrogens is 4. The molecule has 0 radical (unpaired) electrons. The van der Waals surface area contributed by atoms with E-state index < -0.39 is 18.3 Å². The molecular formula is C21H24ClN5O4. The lowest BCUT2D eigenvalue weighted by molar-refractivity contribution is -0.112. The van der Waals surface area contributed by atoms with Crippen LogP contribution in [0.15, 0.2) is 49.1 Å². The lowest BCUT2D eigenvalue weighted by atomic mass is 9.92. The predicted molar refractivity (Wildman–Crippen MR) is 116 cm³/mol. The van der Waals surface area contributed by atoms with Crippen molar-refractivity contribution >= 4 is 34.5 Å². The van der Waals surface area contributed by atoms with Gasteiger partial charge in [-0.2, -0.15) is 0 Å². The number of nitrogens with one attached hydrogen (secondary N) is 2. The highest BCUT2D eigenvalue weighted by atomic mass is 35.5. The third kappa shape index (κ3) is 5.45. The number of nitrogens with zero attached hydrogens (tertiary/aromatic N) is 3. The van der Waals surface area contributed by atoms with Gasteiger partial charge in [-0.1, -0.05) is 30.3 Å². The maximum absolute atomic E-state index is 11.4. The Kier molecular flexibility index (Phi) is 7.34. The molecule has 4 unspecified atom stereocenters. The number of hydrogen-bond donors (Lipinski definition) is 5. The first kappa shape index (κ1) is 22.8. The Bertz CT molecular complexity index is 1060. The zero-order valence-corrected chi connectivity index (χ0v) is 17.6. The van der Waals surface area contributed by atoms with Gasteiger partial charge in [-0.25, -0.2) is 15.0 Å². The number of benzene rings is 1. The summed E-state index contributed by atoms with van der Waals surface area (Å²) in [6, 6.07) is 6.89. The Morgan fingerprint density at radius 1 is 1.23 bits per heavy atom. The molecular weight excluding hydrogens is 422 g/mol. The summed E-state index contributed by atoms with van der Waals surface area (Å²) >= 11 is 5.76. The van der Waals surface area contributed by atoms with Gasteiger partial charge in [0.15, 0.2) is 11.5 Å². The molecule has 10 heteroatoms. The summed E-state index contributed by atoms with van der Waals surface area (Å²) < 4.78 is 0. The van der Waals surface area contributed by atoms with E-state index in [4.69, 9.17) is 11.6 Å². The van der Waals surface area contributed by atoms with Gasteiger partial charge in [-0.3, -0.25) is 4.79 Å². The first-order valence-corrected chi connectivity index (χ1v) is 10.1. The summed E-state index contributed by atoms with van der Waals surface area (Å²) in [6.07, 6.45) is 1.71. The van der Waals surface area contributed by atoms with Crippen molar-refractivity contribution in [1.29, 1.82) is 0 Å². The van der Waals surface area contributed by atoms with Gasteiger partial charge >= 0.3 is 0 Å². The van der Waals surface area contributed by atoms with Crippen LogP contribution in [0.1, 0.15) is 31.4 Å². The molecule has 3 aromatic rings. The summed E-state index contributed by atoms with van der Waals surface area (Å²) in [5.41, 5.74) is 2.26. The molecule has 31 heavy (non-hydrogen) atoms. The van der Waals surface area contributed by atoms with Crippen LogP contribution in [0.4, 0.5) is 5.82 Å². The van der Waals surface area contributed by atoms with E-state index in [9.17, 15) is 20.1 Å². The number of hydrogen-bond acceptors (Lipinski definition) is 7. The quantitative estimate of drug-likeness (QED) is 0.387. The van der Waals surface area contributed by atoms with Crippen molar-refractivity contribution in [1.82, 2.24) is 19.9 Å². The molecule has 0 bridgehead atoms. The Morgan fingerprint density at radius 2 is 1.94 bits per heavy atom. The number of aliphatic hydroxyl groups is 3. The number of rotatable bonds is 4. The van der Waals surface area contributed by atoms with E-state index in [0.29, 0.717) is 40.4 Å². The topological polar surface area (TPSA) is 144 Å². The molecule has 0 saturated heterocycles. The molecule has 1 aromatic carbocycles. The summed E-state index contributed by atoms with van der Waals surface area (Å²) in [7, 11) is 0. The maximum atomic E-state index is 11.4. The number of carbonyl (C=O) groups excluding carboxylic acids is 1. The molecule has 4 atom stereocenters. The summed E-state index contributed by atoms with van der Waals surface area (Å²) in [5.74, 6) is -0.161. The molecule has 0 aliphatic heterocycles. The first-order valence-electron chi connectivity index (χ1n) is 9.68. The minimum atomic E-state index is -0.842. The average molecular weight is 446 g/mol. The number of fused-ring (bicyclic) bond motifs is 1. The molecule has 1 aliphatic carbocycles. The normalized spacial score (nSPS) is 21.3. The van der Waals surface area contributed by atoms with Crippen molar-refractivity contribution in [2.24, 2.45) is 5.92 Å². The van der Waals surface area contributed by atoms with Gasteiger partial charge in [0.05, 0.1) is 24.6 Å². The fraction of sp³-hybridized carbons (Fsp3) is 0.333. The molecule has 4 rings (SSSR count). The van der Waals surface area contributed by atoms with Gasteiger partial charge in [0.1, 0.15) is 11.8 Å². The number of aliphatic hydroxyl groups excluding tert-OH is 3. The number of halogens is 1. The van der Waals surface area contributed by atoms with Crippen LogP contribution in [0.5, 0.6) is 0 Å². The van der Waals surface area contributed by atoms with Crippen LogP contribution < -0.4 is 5.32 Å². The van der Waals surface area contributed by atoms with Gasteiger partial charge in [0.2, 0.25) is 0 Å². The number of H-pyrrole nitrogens is 1. The zero-order valence-electron chi connectivity index (χ0n) is 16.9. The fourth-order valence-electron chi connectivity index (χ4n) is 3.32. The summed E-state index contributed by atoms with van der Waals surface area (Å²) in [6.45, 7) is 5.16. The minimum Gasteiger partial charge on any atom is -0.390 e. The molecule has 1 saturated carbocycles. The van der Waals surface area contributed by atoms with Crippen LogP contribution in [0.3, 0.4) is 0 Å². The monoisotopic (exact) mass is 445 g/mol. The van der Waals surface area contributed by atoms with E-state index in [1.54, 1.807) is 31.2 Å². The lowest BCUT2D eigenvalue weighted by Crippen LogP contribution is -2.28. The molecule has 164 valence electrons. The van der Waals surface area contributed by atoms with Crippen LogP contribution in [0.25, 0.3) is 11.2 Å². The molecule has 0 spiro atoms. The summed E-state index contributed by atoms with van der Waals surface area (Å²) in [4.78, 5) is 26.0. The van der Waals surface area contributed by atoms with E-state index in [1.165, 1.54) is 12.7 Å². The highest BCUT2D eigenvalue weighted by Gasteiger charge is 2.38. The number of anilines is 1. The summed E-state index contributed by atoms with van der Waals surface area (Å²) in [5, 5.41) is 32.4. The second-order valence-corrected chi connectivity index (χ2v) is 7.79. The van der Waals surface area contributed by atoms with Gasteiger partial charge < -0.3 is 25.6 Å². The third-order valence-corrected chi connectivity index (χ3v) is 5.34. The molecule has 5 N–H and O–H groups in total. The van der Waals surface area contributed by atoms with Crippen molar-refractivity contribution in [3.63, 3.8) is 0 Å². The Morgan fingerprint density at radius 3 is 2.55 bits per heavy atom. The molecule has 1 fully saturated rings. The Hall–Kier alpha value is -2.85. The second-order valence-electron chi connectivity index (χ2n) is 7.35. The van der Waals surface area contributed by atoms with Gasteiger partial charge in [0.25, 0.3) is 5.91 Å². The van der Waals surface area contributed by atoms with Crippen molar-refractivity contribution in [2.75, 3.05) is 5.32 Å². The first-order chi connectivity index (χ1) is 14.8. The molecule has 2 heterocycles. The fourth-order valence-corrected chi connectivity index (χ4v) is 3.44. The largest absolute Gasteiger partial charge is 0.390 e. The Labute approximate surface area is 183 Å². The maximum Gasteiger partial charge on any atom is 0.251 e. The highest BCUT2D eigenvalue weighted by molar-refractivity contribution is 6.30. The van der Waals surface area contributed by atoms with Crippen LogP contribution in [0.2, 0.25) is 5.02 Å². The van der Waals surface area contributed by atoms with Crippen LogP contribution in [-0.2, 0) is 4.79 Å². The third-order valence-electron chi connectivity index (χ3n) is 5.09. The number of aromatic amines is 1. The average Bonchev–Trinajstić information content (AvgIpc) is 3.36. The van der Waals surface area contributed by atoms with E-state index >= 15 is 0 Å². The van der Waals surface area contributed by atoms with Crippen molar-refractivity contribution in [3.8, 4) is 0 Å². The van der Waals surface area contributed by atoms with Crippen LogP contribution >= 0.6 is 11.6 Å². The van der Waals surface area contributed by atoms with E-state index in [0.717, 1.165) is 5.56 Å². The van der Waals surface area contributed by atoms with E-state index in [1.807, 2.05) is 0 Å². The number of amides is 1. The van der Waals surface area contributed by atoms with Gasteiger partial charge in [-0.05, 0) is 37.5 Å².